The van der Waals surface area contributed by atoms with Crippen LogP contribution in [-0.2, 0) is 4.74 Å². The van der Waals surface area contributed by atoms with Crippen molar-refractivity contribution in [3.05, 3.63) is 28.2 Å². The van der Waals surface area contributed by atoms with Gasteiger partial charge < -0.3 is 15.0 Å². The largest absolute Gasteiger partial charge is 0.397 e. The zero-order chi connectivity index (χ0) is 11.4. The van der Waals surface area contributed by atoms with Crippen molar-refractivity contribution in [3.63, 3.8) is 0 Å². The molecule has 1 heterocycles. The Bertz CT molecular complexity index is 385. The Labute approximate surface area is 89.7 Å². The van der Waals surface area contributed by atoms with Gasteiger partial charge in [0.15, 0.2) is 0 Å². The van der Waals surface area contributed by atoms with Crippen LogP contribution < -0.4 is 11.3 Å². The van der Waals surface area contributed by atoms with Gasteiger partial charge in [0.25, 0.3) is 5.56 Å². The molecule has 1 atom stereocenters. The van der Waals surface area contributed by atoms with Crippen LogP contribution in [0.1, 0.15) is 25.1 Å². The number of pyridine rings is 1. The van der Waals surface area contributed by atoms with E-state index in [-0.39, 0.29) is 11.6 Å². The lowest BCUT2D eigenvalue weighted by atomic mass is 10.2. The molecule has 84 valence electrons. The maximum Gasteiger partial charge on any atom is 0.251 e. The van der Waals surface area contributed by atoms with Gasteiger partial charge in [0.2, 0.25) is 0 Å². The summed E-state index contributed by atoms with van der Waals surface area (Å²) in [6, 6.07) is 3.27. The molecule has 0 spiro atoms. The highest BCUT2D eigenvalue weighted by atomic mass is 16.5. The molecule has 0 aliphatic rings. The summed E-state index contributed by atoms with van der Waals surface area (Å²) in [5, 5.41) is 0. The van der Waals surface area contributed by atoms with Crippen LogP contribution >= 0.6 is 0 Å². The molecule has 4 heteroatoms. The van der Waals surface area contributed by atoms with E-state index in [0.29, 0.717) is 12.3 Å². The van der Waals surface area contributed by atoms with Crippen molar-refractivity contribution in [2.24, 2.45) is 0 Å². The van der Waals surface area contributed by atoms with Gasteiger partial charge in [-0.3, -0.25) is 4.79 Å². The van der Waals surface area contributed by atoms with Gasteiger partial charge in [-0.05, 0) is 26.3 Å². The first-order valence-corrected chi connectivity index (χ1v) is 5.04. The summed E-state index contributed by atoms with van der Waals surface area (Å²) in [6.45, 7) is 4.49. The zero-order valence-electron chi connectivity index (χ0n) is 9.49. The first kappa shape index (κ1) is 11.8. The minimum absolute atomic E-state index is 0.00898. The summed E-state index contributed by atoms with van der Waals surface area (Å²) in [4.78, 5) is 11.7. The van der Waals surface area contributed by atoms with Gasteiger partial charge in [-0.1, -0.05) is 0 Å². The molecule has 1 unspecified atom stereocenters. The standard InChI is InChI=1S/C11H18N2O2/c1-8(6-7-15-3)13-9(2)10(12)4-5-11(13)14/h4-5,8H,6-7,12H2,1-3H3. The second-order valence-corrected chi connectivity index (χ2v) is 3.71. The third kappa shape index (κ3) is 2.59. The Balaban J connectivity index is 3.02. The molecule has 0 aromatic carbocycles. The molecule has 0 aliphatic carbocycles. The van der Waals surface area contributed by atoms with Gasteiger partial charge in [-0.15, -0.1) is 0 Å². The van der Waals surface area contributed by atoms with E-state index in [1.807, 2.05) is 13.8 Å². The van der Waals surface area contributed by atoms with Crippen LogP contribution in [0.25, 0.3) is 0 Å². The fourth-order valence-electron chi connectivity index (χ4n) is 1.63. The van der Waals surface area contributed by atoms with E-state index in [1.54, 1.807) is 17.7 Å². The minimum atomic E-state index is -0.00898. The van der Waals surface area contributed by atoms with E-state index < -0.39 is 0 Å². The van der Waals surface area contributed by atoms with Crippen molar-refractivity contribution in [1.82, 2.24) is 4.57 Å². The van der Waals surface area contributed by atoms with Gasteiger partial charge in [-0.25, -0.2) is 0 Å². The van der Waals surface area contributed by atoms with E-state index >= 15 is 0 Å². The van der Waals surface area contributed by atoms with E-state index in [4.69, 9.17) is 10.5 Å². The van der Waals surface area contributed by atoms with Crippen LogP contribution in [0.15, 0.2) is 16.9 Å². The lowest BCUT2D eigenvalue weighted by Gasteiger charge is -2.18. The number of rotatable bonds is 4. The third-order valence-corrected chi connectivity index (χ3v) is 2.60. The number of methoxy groups -OCH3 is 1. The molecule has 1 rings (SSSR count). The van der Waals surface area contributed by atoms with Crippen molar-refractivity contribution in [1.29, 1.82) is 0 Å². The molecule has 0 amide bonds. The van der Waals surface area contributed by atoms with Crippen LogP contribution in [0.4, 0.5) is 5.69 Å². The van der Waals surface area contributed by atoms with Crippen molar-refractivity contribution < 1.29 is 4.74 Å². The van der Waals surface area contributed by atoms with Gasteiger partial charge in [0.1, 0.15) is 0 Å². The average molecular weight is 210 g/mol. The second kappa shape index (κ2) is 4.98. The molecule has 0 bridgehead atoms. The summed E-state index contributed by atoms with van der Waals surface area (Å²) in [7, 11) is 1.65. The number of nitrogens with two attached hydrogens (primary N) is 1. The van der Waals surface area contributed by atoms with Crippen LogP contribution in [-0.4, -0.2) is 18.3 Å². The van der Waals surface area contributed by atoms with E-state index in [0.717, 1.165) is 12.1 Å². The number of anilines is 1. The van der Waals surface area contributed by atoms with Gasteiger partial charge in [0.05, 0.1) is 5.69 Å². The molecule has 2 N–H and O–H groups in total. The fraction of sp³-hybridized carbons (Fsp3) is 0.545. The Morgan fingerprint density at radius 3 is 2.80 bits per heavy atom. The molecule has 1 aromatic rings. The van der Waals surface area contributed by atoms with E-state index in [2.05, 4.69) is 0 Å². The van der Waals surface area contributed by atoms with E-state index in [1.165, 1.54) is 6.07 Å². The number of hydrogen-bond donors (Lipinski definition) is 1. The summed E-state index contributed by atoms with van der Waals surface area (Å²) >= 11 is 0. The third-order valence-electron chi connectivity index (χ3n) is 2.60. The molecule has 1 aromatic heterocycles. The summed E-state index contributed by atoms with van der Waals surface area (Å²) in [6.07, 6.45) is 0.806. The average Bonchev–Trinajstić information content (AvgIpc) is 2.21. The zero-order valence-corrected chi connectivity index (χ0v) is 9.49. The molecule has 0 fully saturated rings. The fourth-order valence-corrected chi connectivity index (χ4v) is 1.63. The van der Waals surface area contributed by atoms with Gasteiger partial charge in [-0.2, -0.15) is 0 Å². The predicted octanol–water partition coefficient (Wildman–Crippen LogP) is 1.34. The topological polar surface area (TPSA) is 57.2 Å². The number of hydrogen-bond acceptors (Lipinski definition) is 3. The lowest BCUT2D eigenvalue weighted by molar-refractivity contribution is 0.180. The Morgan fingerprint density at radius 2 is 2.20 bits per heavy atom. The lowest BCUT2D eigenvalue weighted by Crippen LogP contribution is -2.26. The summed E-state index contributed by atoms with van der Waals surface area (Å²) < 4.78 is 6.71. The molecule has 0 saturated heterocycles. The minimum Gasteiger partial charge on any atom is -0.397 e. The van der Waals surface area contributed by atoms with Crippen LogP contribution in [0, 0.1) is 6.92 Å². The molecule has 4 nitrogen and oxygen atoms in total. The molecule has 0 aliphatic heterocycles. The van der Waals surface area contributed by atoms with Gasteiger partial charge >= 0.3 is 0 Å². The van der Waals surface area contributed by atoms with Crippen molar-refractivity contribution >= 4 is 5.69 Å². The van der Waals surface area contributed by atoms with Crippen molar-refractivity contribution in [2.45, 2.75) is 26.3 Å². The first-order chi connectivity index (χ1) is 7.07. The van der Waals surface area contributed by atoms with Crippen molar-refractivity contribution in [3.8, 4) is 0 Å². The van der Waals surface area contributed by atoms with Crippen molar-refractivity contribution in [2.75, 3.05) is 19.5 Å². The SMILES string of the molecule is COCCC(C)n1c(C)c(N)ccc1=O. The molecule has 0 saturated carbocycles. The molecule has 0 radical (unpaired) electrons. The normalized spacial score (nSPS) is 12.7. The highest BCUT2D eigenvalue weighted by Crippen LogP contribution is 2.14. The molecule has 15 heavy (non-hydrogen) atoms. The van der Waals surface area contributed by atoms with Crippen LogP contribution in [0.2, 0.25) is 0 Å². The smallest absolute Gasteiger partial charge is 0.251 e. The second-order valence-electron chi connectivity index (χ2n) is 3.71. The molecular formula is C11H18N2O2. The number of nitrogens with zero attached hydrogens (tertiary/aromatic N) is 1. The number of nitrogen functional groups attached to an aromatic ring is 1. The maximum absolute atomic E-state index is 11.7. The quantitative estimate of drug-likeness (QED) is 0.815. The monoisotopic (exact) mass is 210 g/mol. The highest BCUT2D eigenvalue weighted by Gasteiger charge is 2.10. The Hall–Kier alpha value is -1.29. The predicted molar refractivity (Wildman–Crippen MR) is 61.1 cm³/mol. The van der Waals surface area contributed by atoms with Crippen LogP contribution in [0.5, 0.6) is 0 Å². The first-order valence-electron chi connectivity index (χ1n) is 5.04. The number of ether oxygens (including phenoxy) is 1. The van der Waals surface area contributed by atoms with Gasteiger partial charge in [0, 0.05) is 31.5 Å². The number of aromatic nitrogens is 1. The Kier molecular flexibility index (Phi) is 3.91. The maximum atomic E-state index is 11.7. The Morgan fingerprint density at radius 1 is 1.53 bits per heavy atom. The molecular weight excluding hydrogens is 192 g/mol. The summed E-state index contributed by atoms with van der Waals surface area (Å²) in [5.74, 6) is 0. The highest BCUT2D eigenvalue weighted by molar-refractivity contribution is 5.41. The summed E-state index contributed by atoms with van der Waals surface area (Å²) in [5.41, 5.74) is 7.23. The van der Waals surface area contributed by atoms with E-state index in [9.17, 15) is 4.79 Å². The van der Waals surface area contributed by atoms with Crippen LogP contribution in [0.3, 0.4) is 0 Å².